The number of hydrogen-bond acceptors (Lipinski definition) is 4. The van der Waals surface area contributed by atoms with Crippen LogP contribution in [0.25, 0.3) is 0 Å². The molecule has 5 heteroatoms. The van der Waals surface area contributed by atoms with Gasteiger partial charge in [-0.2, -0.15) is 10.5 Å². The van der Waals surface area contributed by atoms with Crippen LogP contribution in [0.5, 0.6) is 0 Å². The average molecular weight is 266 g/mol. The molecule has 2 rings (SSSR count). The van der Waals surface area contributed by atoms with Crippen molar-refractivity contribution in [3.63, 3.8) is 0 Å². The molecule has 1 aromatic carbocycles. The lowest BCUT2D eigenvalue weighted by Gasteiger charge is -2.20. The van der Waals surface area contributed by atoms with E-state index in [2.05, 4.69) is 5.32 Å². The molecule has 1 aromatic rings. The van der Waals surface area contributed by atoms with Crippen molar-refractivity contribution in [2.75, 3.05) is 16.8 Å². The second-order valence-electron chi connectivity index (χ2n) is 4.60. The van der Waals surface area contributed by atoms with Crippen molar-refractivity contribution in [2.24, 2.45) is 0 Å². The molecule has 1 saturated heterocycles. The van der Waals surface area contributed by atoms with E-state index >= 15 is 0 Å². The summed E-state index contributed by atoms with van der Waals surface area (Å²) in [6.07, 6.45) is 2.77. The van der Waals surface area contributed by atoms with Gasteiger partial charge in [0.15, 0.2) is 0 Å². The lowest BCUT2D eigenvalue weighted by Crippen LogP contribution is -2.24. The molecule has 0 spiro atoms. The van der Waals surface area contributed by atoms with E-state index in [4.69, 9.17) is 10.5 Å². The molecule has 1 aliphatic heterocycles. The first-order valence-electron chi connectivity index (χ1n) is 6.33. The molecule has 100 valence electrons. The lowest BCUT2D eigenvalue weighted by atomic mass is 10.1. The first-order valence-corrected chi connectivity index (χ1v) is 6.33. The van der Waals surface area contributed by atoms with Gasteiger partial charge in [-0.25, -0.2) is 0 Å². The lowest BCUT2D eigenvalue weighted by molar-refractivity contribution is -0.117. The topological polar surface area (TPSA) is 79.9 Å². The summed E-state index contributed by atoms with van der Waals surface area (Å²) in [5.74, 6) is 0.0988. The molecule has 0 atom stereocenters. The van der Waals surface area contributed by atoms with Crippen LogP contribution in [0, 0.1) is 29.6 Å². The molecule has 5 nitrogen and oxygen atoms in total. The summed E-state index contributed by atoms with van der Waals surface area (Å²) >= 11 is 0. The second kappa shape index (κ2) is 5.90. The highest BCUT2D eigenvalue weighted by Gasteiger charge is 2.23. The van der Waals surface area contributed by atoms with Crippen LogP contribution < -0.4 is 10.2 Å². The number of aryl methyl sites for hydroxylation is 1. The van der Waals surface area contributed by atoms with Gasteiger partial charge >= 0.3 is 0 Å². The van der Waals surface area contributed by atoms with Gasteiger partial charge in [0.2, 0.25) is 5.91 Å². The van der Waals surface area contributed by atoms with Crippen molar-refractivity contribution in [1.29, 1.82) is 10.5 Å². The fourth-order valence-electron chi connectivity index (χ4n) is 2.14. The minimum absolute atomic E-state index is 0.00907. The number of amides is 1. The Balaban J connectivity index is 2.34. The number of nitriles is 2. The molecule has 1 amide bonds. The van der Waals surface area contributed by atoms with Gasteiger partial charge in [0, 0.05) is 19.2 Å². The summed E-state index contributed by atoms with van der Waals surface area (Å²) < 4.78 is 0. The van der Waals surface area contributed by atoms with E-state index in [-0.39, 0.29) is 11.5 Å². The summed E-state index contributed by atoms with van der Waals surface area (Å²) in [7, 11) is 0. The number of carbonyl (C=O) groups excluding carboxylic acids is 1. The van der Waals surface area contributed by atoms with Crippen molar-refractivity contribution in [3.05, 3.63) is 35.5 Å². The largest absolute Gasteiger partial charge is 0.358 e. The van der Waals surface area contributed by atoms with Crippen molar-refractivity contribution in [1.82, 2.24) is 0 Å². The zero-order chi connectivity index (χ0) is 14.5. The molecular formula is C15H14N4O. The smallest absolute Gasteiger partial charge is 0.227 e. The quantitative estimate of drug-likeness (QED) is 0.852. The monoisotopic (exact) mass is 266 g/mol. The maximum absolute atomic E-state index is 11.8. The molecule has 1 heterocycles. The predicted octanol–water partition coefficient (Wildman–Crippen LogP) is 2.46. The highest BCUT2D eigenvalue weighted by atomic mass is 16.2. The van der Waals surface area contributed by atoms with Gasteiger partial charge in [-0.1, -0.05) is 6.07 Å². The van der Waals surface area contributed by atoms with Crippen LogP contribution in [-0.4, -0.2) is 12.5 Å². The third-order valence-electron chi connectivity index (χ3n) is 3.13. The van der Waals surface area contributed by atoms with Crippen LogP contribution in [0.3, 0.4) is 0 Å². The van der Waals surface area contributed by atoms with Gasteiger partial charge in [0.05, 0.1) is 11.4 Å². The number of hydrogen-bond donors (Lipinski definition) is 1. The zero-order valence-corrected chi connectivity index (χ0v) is 11.2. The van der Waals surface area contributed by atoms with Crippen LogP contribution >= 0.6 is 0 Å². The number of carbonyl (C=O) groups is 1. The van der Waals surface area contributed by atoms with Gasteiger partial charge in [-0.15, -0.1) is 0 Å². The fraction of sp³-hybridized carbons (Fsp3) is 0.267. The Hall–Kier alpha value is -2.79. The third-order valence-corrected chi connectivity index (χ3v) is 3.13. The summed E-state index contributed by atoms with van der Waals surface area (Å²) in [6.45, 7) is 2.64. The zero-order valence-electron chi connectivity index (χ0n) is 11.2. The number of allylic oxidation sites excluding steroid dienone is 1. The van der Waals surface area contributed by atoms with Crippen molar-refractivity contribution < 1.29 is 4.79 Å². The van der Waals surface area contributed by atoms with Gasteiger partial charge in [-0.05, 0) is 31.0 Å². The summed E-state index contributed by atoms with van der Waals surface area (Å²) in [4.78, 5) is 13.6. The molecular weight excluding hydrogens is 252 g/mol. The molecule has 0 aromatic heterocycles. The van der Waals surface area contributed by atoms with Gasteiger partial charge < -0.3 is 10.2 Å². The van der Waals surface area contributed by atoms with Crippen LogP contribution in [0.15, 0.2) is 30.0 Å². The van der Waals surface area contributed by atoms with Crippen molar-refractivity contribution in [2.45, 2.75) is 19.8 Å². The Morgan fingerprint density at radius 1 is 1.40 bits per heavy atom. The maximum Gasteiger partial charge on any atom is 0.227 e. The molecule has 0 saturated carbocycles. The number of rotatable bonds is 3. The van der Waals surface area contributed by atoms with E-state index in [0.717, 1.165) is 23.4 Å². The van der Waals surface area contributed by atoms with E-state index < -0.39 is 0 Å². The maximum atomic E-state index is 11.8. The number of anilines is 2. The summed E-state index contributed by atoms with van der Waals surface area (Å²) in [6, 6.07) is 9.29. The standard InChI is InChI=1S/C15H14N4O/c1-11-4-5-14(19-6-2-3-15(19)20)13(7-11)18-10-12(8-16)9-17/h4-5,7,10,18H,2-3,6H2,1H3. The van der Waals surface area contributed by atoms with Crippen LogP contribution in [0.2, 0.25) is 0 Å². The average Bonchev–Trinajstić information content (AvgIpc) is 2.86. The van der Waals surface area contributed by atoms with E-state index in [1.54, 1.807) is 17.0 Å². The predicted molar refractivity (Wildman–Crippen MR) is 75.7 cm³/mol. The molecule has 1 N–H and O–H groups in total. The Bertz CT molecular complexity index is 633. The Labute approximate surface area is 117 Å². The van der Waals surface area contributed by atoms with Gasteiger partial charge in [0.25, 0.3) is 0 Å². The van der Waals surface area contributed by atoms with E-state index in [0.29, 0.717) is 13.0 Å². The Morgan fingerprint density at radius 3 is 2.75 bits per heavy atom. The minimum atomic E-state index is -0.00907. The SMILES string of the molecule is Cc1ccc(N2CCCC2=O)c(NC=C(C#N)C#N)c1. The van der Waals surface area contributed by atoms with Crippen LogP contribution in [0.4, 0.5) is 11.4 Å². The first-order chi connectivity index (χ1) is 9.65. The van der Waals surface area contributed by atoms with Gasteiger partial charge in [0.1, 0.15) is 17.7 Å². The minimum Gasteiger partial charge on any atom is -0.358 e. The summed E-state index contributed by atoms with van der Waals surface area (Å²) in [5, 5.41) is 20.4. The van der Waals surface area contributed by atoms with E-state index in [9.17, 15) is 4.79 Å². The first kappa shape index (κ1) is 13.6. The Morgan fingerprint density at radius 2 is 2.15 bits per heavy atom. The Kier molecular flexibility index (Phi) is 4.02. The highest BCUT2D eigenvalue weighted by Crippen LogP contribution is 2.30. The van der Waals surface area contributed by atoms with E-state index in [1.165, 1.54) is 6.20 Å². The highest BCUT2D eigenvalue weighted by molar-refractivity contribution is 5.98. The van der Waals surface area contributed by atoms with Crippen molar-refractivity contribution in [3.8, 4) is 12.1 Å². The number of nitrogens with one attached hydrogen (secondary N) is 1. The molecule has 0 bridgehead atoms. The fourth-order valence-corrected chi connectivity index (χ4v) is 2.14. The molecule has 1 fully saturated rings. The molecule has 0 unspecified atom stereocenters. The second-order valence-corrected chi connectivity index (χ2v) is 4.60. The van der Waals surface area contributed by atoms with Crippen LogP contribution in [-0.2, 0) is 4.79 Å². The molecule has 1 aliphatic rings. The number of benzene rings is 1. The normalized spacial score (nSPS) is 13.6. The molecule has 20 heavy (non-hydrogen) atoms. The van der Waals surface area contributed by atoms with Crippen molar-refractivity contribution >= 4 is 17.3 Å². The summed E-state index contributed by atoms with van der Waals surface area (Å²) in [5.41, 5.74) is 2.53. The molecule has 0 aliphatic carbocycles. The van der Waals surface area contributed by atoms with E-state index in [1.807, 2.05) is 25.1 Å². The number of nitrogens with zero attached hydrogens (tertiary/aromatic N) is 3. The van der Waals surface area contributed by atoms with Crippen LogP contribution in [0.1, 0.15) is 18.4 Å². The molecule has 0 radical (unpaired) electrons. The van der Waals surface area contributed by atoms with Gasteiger partial charge in [-0.3, -0.25) is 4.79 Å². The third kappa shape index (κ3) is 2.78.